The molecule has 3 aromatic rings. The van der Waals surface area contributed by atoms with E-state index < -0.39 is 0 Å². The number of aliphatic imine (C=N–C) groups is 1. The van der Waals surface area contributed by atoms with Crippen molar-refractivity contribution in [2.75, 3.05) is 38.1 Å². The Morgan fingerprint density at radius 1 is 0.931 bits per heavy atom. The average Bonchev–Trinajstić information content (AvgIpc) is 3.18. The Morgan fingerprint density at radius 3 is 2.59 bits per heavy atom. The van der Waals surface area contributed by atoms with Crippen molar-refractivity contribution in [3.05, 3.63) is 81.9 Å². The molecular formula is C23H23N5O. The molecule has 1 saturated heterocycles. The third-order valence-corrected chi connectivity index (χ3v) is 5.73. The number of pyridine rings is 2. The number of benzene rings is 1. The molecule has 29 heavy (non-hydrogen) atoms. The van der Waals surface area contributed by atoms with Gasteiger partial charge in [0, 0.05) is 55.8 Å². The SMILES string of the molecule is CN1CCN(c2cc(C3=NCc4ccc(-c5cc[nH]c(=O)c5)cc43)ccn2)CC1. The van der Waals surface area contributed by atoms with Gasteiger partial charge in [0.1, 0.15) is 5.82 Å². The van der Waals surface area contributed by atoms with E-state index in [9.17, 15) is 4.79 Å². The lowest BCUT2D eigenvalue weighted by molar-refractivity contribution is 0.312. The van der Waals surface area contributed by atoms with Crippen LogP contribution in [0, 0.1) is 0 Å². The molecule has 1 N–H and O–H groups in total. The molecule has 6 heteroatoms. The number of fused-ring (bicyclic) bond motifs is 1. The van der Waals surface area contributed by atoms with Gasteiger partial charge in [-0.25, -0.2) is 4.98 Å². The van der Waals surface area contributed by atoms with Gasteiger partial charge in [0.2, 0.25) is 5.56 Å². The van der Waals surface area contributed by atoms with Gasteiger partial charge in [-0.1, -0.05) is 12.1 Å². The Balaban J connectivity index is 1.48. The Hall–Kier alpha value is -3.25. The highest BCUT2D eigenvalue weighted by Gasteiger charge is 2.21. The second kappa shape index (κ2) is 7.29. The zero-order valence-corrected chi connectivity index (χ0v) is 16.4. The molecule has 0 saturated carbocycles. The number of aromatic amines is 1. The molecule has 1 aromatic carbocycles. The Labute approximate surface area is 169 Å². The van der Waals surface area contributed by atoms with Crippen molar-refractivity contribution < 1.29 is 0 Å². The summed E-state index contributed by atoms with van der Waals surface area (Å²) in [6.45, 7) is 4.77. The van der Waals surface area contributed by atoms with E-state index in [0.717, 1.165) is 60.0 Å². The molecule has 6 nitrogen and oxygen atoms in total. The maximum Gasteiger partial charge on any atom is 0.248 e. The van der Waals surface area contributed by atoms with Gasteiger partial charge in [0.25, 0.3) is 0 Å². The number of likely N-dealkylation sites (N-methyl/N-ethyl adjacent to an activating group) is 1. The summed E-state index contributed by atoms with van der Waals surface area (Å²) in [4.78, 5) is 28.5. The van der Waals surface area contributed by atoms with Crippen LogP contribution < -0.4 is 10.5 Å². The molecule has 0 bridgehead atoms. The van der Waals surface area contributed by atoms with E-state index in [2.05, 4.69) is 51.1 Å². The Kier molecular flexibility index (Phi) is 4.48. The van der Waals surface area contributed by atoms with Gasteiger partial charge >= 0.3 is 0 Å². The topological polar surface area (TPSA) is 64.6 Å². The van der Waals surface area contributed by atoms with Crippen molar-refractivity contribution in [1.82, 2.24) is 14.9 Å². The molecule has 0 unspecified atom stereocenters. The number of rotatable bonds is 3. The largest absolute Gasteiger partial charge is 0.354 e. The number of nitrogens with one attached hydrogen (secondary N) is 1. The van der Waals surface area contributed by atoms with Crippen LogP contribution in [0.25, 0.3) is 11.1 Å². The molecule has 1 fully saturated rings. The summed E-state index contributed by atoms with van der Waals surface area (Å²) in [5, 5.41) is 0. The maximum absolute atomic E-state index is 11.7. The van der Waals surface area contributed by atoms with Crippen molar-refractivity contribution in [1.29, 1.82) is 0 Å². The normalized spacial score (nSPS) is 16.6. The average molecular weight is 385 g/mol. The zero-order chi connectivity index (χ0) is 19.8. The highest BCUT2D eigenvalue weighted by molar-refractivity contribution is 6.15. The highest BCUT2D eigenvalue weighted by atomic mass is 16.1. The molecule has 0 amide bonds. The number of anilines is 1. The molecule has 2 aliphatic rings. The molecule has 0 atom stereocenters. The first kappa shape index (κ1) is 17.8. The summed E-state index contributed by atoms with van der Waals surface area (Å²) in [5.74, 6) is 1.01. The van der Waals surface area contributed by atoms with Crippen LogP contribution in [-0.4, -0.2) is 53.8 Å². The van der Waals surface area contributed by atoms with Crippen molar-refractivity contribution in [3.63, 3.8) is 0 Å². The highest BCUT2D eigenvalue weighted by Crippen LogP contribution is 2.29. The number of hydrogen-bond acceptors (Lipinski definition) is 5. The van der Waals surface area contributed by atoms with Crippen molar-refractivity contribution in [2.45, 2.75) is 6.54 Å². The molecule has 0 aliphatic carbocycles. The van der Waals surface area contributed by atoms with E-state index in [1.54, 1.807) is 12.3 Å². The summed E-state index contributed by atoms with van der Waals surface area (Å²) in [6.07, 6.45) is 3.56. The van der Waals surface area contributed by atoms with E-state index in [-0.39, 0.29) is 5.56 Å². The minimum absolute atomic E-state index is 0.0946. The first-order chi connectivity index (χ1) is 14.2. The second-order valence-electron chi connectivity index (χ2n) is 7.67. The zero-order valence-electron chi connectivity index (χ0n) is 16.4. The maximum atomic E-state index is 11.7. The molecule has 4 heterocycles. The fraction of sp³-hybridized carbons (Fsp3) is 0.261. The number of nitrogens with zero attached hydrogens (tertiary/aromatic N) is 4. The van der Waals surface area contributed by atoms with Crippen molar-refractivity contribution in [2.24, 2.45) is 4.99 Å². The van der Waals surface area contributed by atoms with Crippen molar-refractivity contribution in [3.8, 4) is 11.1 Å². The summed E-state index contributed by atoms with van der Waals surface area (Å²) >= 11 is 0. The summed E-state index contributed by atoms with van der Waals surface area (Å²) in [7, 11) is 2.16. The van der Waals surface area contributed by atoms with Crippen LogP contribution in [-0.2, 0) is 6.54 Å². The van der Waals surface area contributed by atoms with Crippen LogP contribution in [0.4, 0.5) is 5.82 Å². The summed E-state index contributed by atoms with van der Waals surface area (Å²) in [5.41, 5.74) is 6.29. The quantitative estimate of drug-likeness (QED) is 0.753. The standard InChI is InChI=1S/C23H23N5O/c1-27-8-10-28(11-9-27)21-13-18(5-6-24-21)23-20-12-16(2-3-19(20)15-26-23)17-4-7-25-22(29)14-17/h2-7,12-14H,8-11,15H2,1H3,(H,25,29). The molecule has 2 aromatic heterocycles. The third-order valence-electron chi connectivity index (χ3n) is 5.73. The molecule has 0 radical (unpaired) electrons. The fourth-order valence-corrected chi connectivity index (χ4v) is 4.01. The van der Waals surface area contributed by atoms with Crippen LogP contribution in [0.15, 0.2) is 64.6 Å². The molecule has 0 spiro atoms. The van der Waals surface area contributed by atoms with Crippen LogP contribution in [0.5, 0.6) is 0 Å². The third kappa shape index (κ3) is 3.47. The number of piperazine rings is 1. The van der Waals surface area contributed by atoms with Crippen LogP contribution in [0.2, 0.25) is 0 Å². The van der Waals surface area contributed by atoms with Gasteiger partial charge < -0.3 is 14.8 Å². The van der Waals surface area contributed by atoms with E-state index in [1.165, 1.54) is 5.56 Å². The number of H-pyrrole nitrogens is 1. The van der Waals surface area contributed by atoms with Gasteiger partial charge in [-0.15, -0.1) is 0 Å². The Bertz CT molecular complexity index is 1140. The number of hydrogen-bond donors (Lipinski definition) is 1. The predicted molar refractivity (Wildman–Crippen MR) is 116 cm³/mol. The van der Waals surface area contributed by atoms with E-state index in [4.69, 9.17) is 4.99 Å². The Morgan fingerprint density at radius 2 is 1.76 bits per heavy atom. The van der Waals surface area contributed by atoms with Gasteiger partial charge in [-0.3, -0.25) is 9.79 Å². The first-order valence-corrected chi connectivity index (χ1v) is 9.94. The van der Waals surface area contributed by atoms with E-state index in [1.807, 2.05) is 18.3 Å². The number of aromatic nitrogens is 2. The minimum atomic E-state index is -0.0946. The molecule has 5 rings (SSSR count). The van der Waals surface area contributed by atoms with E-state index in [0.29, 0.717) is 6.54 Å². The second-order valence-corrected chi connectivity index (χ2v) is 7.67. The van der Waals surface area contributed by atoms with Crippen LogP contribution in [0.3, 0.4) is 0 Å². The lowest BCUT2D eigenvalue weighted by Crippen LogP contribution is -2.44. The summed E-state index contributed by atoms with van der Waals surface area (Å²) < 4.78 is 0. The lowest BCUT2D eigenvalue weighted by Gasteiger charge is -2.33. The smallest absolute Gasteiger partial charge is 0.248 e. The van der Waals surface area contributed by atoms with Gasteiger partial charge in [-0.05, 0) is 48.0 Å². The summed E-state index contributed by atoms with van der Waals surface area (Å²) in [6, 6.07) is 14.1. The van der Waals surface area contributed by atoms with E-state index >= 15 is 0 Å². The van der Waals surface area contributed by atoms with Gasteiger partial charge in [-0.2, -0.15) is 0 Å². The van der Waals surface area contributed by atoms with Crippen molar-refractivity contribution >= 4 is 11.5 Å². The molecule has 2 aliphatic heterocycles. The fourth-order valence-electron chi connectivity index (χ4n) is 4.01. The van der Waals surface area contributed by atoms with Crippen LogP contribution >= 0.6 is 0 Å². The molecule has 146 valence electrons. The van der Waals surface area contributed by atoms with Crippen LogP contribution in [0.1, 0.15) is 16.7 Å². The minimum Gasteiger partial charge on any atom is -0.354 e. The van der Waals surface area contributed by atoms with Gasteiger partial charge in [0.15, 0.2) is 0 Å². The first-order valence-electron chi connectivity index (χ1n) is 9.94. The predicted octanol–water partition coefficient (Wildman–Crippen LogP) is 2.54. The molecular weight excluding hydrogens is 362 g/mol. The monoisotopic (exact) mass is 385 g/mol. The van der Waals surface area contributed by atoms with Gasteiger partial charge in [0.05, 0.1) is 12.3 Å². The lowest BCUT2D eigenvalue weighted by atomic mass is 9.96.